The number of rotatable bonds is 6. The molecule has 0 amide bonds. The summed E-state index contributed by atoms with van der Waals surface area (Å²) in [5.74, 6) is 1.12. The molecule has 0 saturated heterocycles. The van der Waals surface area contributed by atoms with Crippen molar-refractivity contribution in [3.63, 3.8) is 0 Å². The molecule has 0 spiro atoms. The van der Waals surface area contributed by atoms with Gasteiger partial charge in [-0.2, -0.15) is 4.98 Å². The Kier molecular flexibility index (Phi) is 5.34. The van der Waals surface area contributed by atoms with E-state index in [1.807, 2.05) is 42.7 Å². The normalized spacial score (nSPS) is 12.4. The van der Waals surface area contributed by atoms with Gasteiger partial charge in [-0.1, -0.05) is 24.1 Å². The molecule has 0 fully saturated rings. The Morgan fingerprint density at radius 2 is 1.79 bits per heavy atom. The van der Waals surface area contributed by atoms with Gasteiger partial charge in [-0.3, -0.25) is 0 Å². The number of aromatic nitrogens is 2. The first kappa shape index (κ1) is 18.2. The summed E-state index contributed by atoms with van der Waals surface area (Å²) in [6.45, 7) is 1.03. The Bertz CT molecular complexity index is 988. The van der Waals surface area contributed by atoms with Crippen molar-refractivity contribution in [1.29, 1.82) is 0 Å². The molecule has 0 radical (unpaired) electrons. The molecule has 1 aliphatic rings. The maximum Gasteiger partial charge on any atom is 0.229 e. The Balaban J connectivity index is 1.56. The van der Waals surface area contributed by atoms with E-state index in [2.05, 4.69) is 25.3 Å². The van der Waals surface area contributed by atoms with Crippen LogP contribution in [-0.4, -0.2) is 29.4 Å². The standard InChI is InChI=1S/C19H18FN5O2S/c1-28-25-15-5-3-2-4-14(15)23-18-13(20)11-21-19(24-18)22-12-6-7-16-17(10-12)27-9-8-26-16/h2-7,10-11,25H,8-9H2,1H3,(H2,21,22,23,24). The molecule has 0 saturated carbocycles. The summed E-state index contributed by atoms with van der Waals surface area (Å²) in [5.41, 5.74) is 2.25. The highest BCUT2D eigenvalue weighted by atomic mass is 32.2. The van der Waals surface area contributed by atoms with Gasteiger partial charge in [-0.25, -0.2) is 9.37 Å². The van der Waals surface area contributed by atoms with Crippen molar-refractivity contribution < 1.29 is 13.9 Å². The van der Waals surface area contributed by atoms with Gasteiger partial charge in [0.25, 0.3) is 0 Å². The van der Waals surface area contributed by atoms with E-state index in [1.54, 1.807) is 6.07 Å². The molecule has 2 aromatic carbocycles. The van der Waals surface area contributed by atoms with Crippen LogP contribution >= 0.6 is 11.9 Å². The molecule has 0 unspecified atom stereocenters. The maximum atomic E-state index is 14.3. The van der Waals surface area contributed by atoms with Gasteiger partial charge in [-0.05, 0) is 24.3 Å². The zero-order valence-electron chi connectivity index (χ0n) is 15.0. The third-order valence-electron chi connectivity index (χ3n) is 3.93. The van der Waals surface area contributed by atoms with Crippen molar-refractivity contribution in [2.24, 2.45) is 0 Å². The molecule has 0 bridgehead atoms. The van der Waals surface area contributed by atoms with Crippen LogP contribution in [0.15, 0.2) is 48.7 Å². The van der Waals surface area contributed by atoms with E-state index in [0.29, 0.717) is 36.1 Å². The van der Waals surface area contributed by atoms with Gasteiger partial charge in [0.05, 0.1) is 17.6 Å². The number of anilines is 5. The minimum Gasteiger partial charge on any atom is -0.486 e. The van der Waals surface area contributed by atoms with Crippen LogP contribution < -0.4 is 24.8 Å². The van der Waals surface area contributed by atoms with E-state index in [0.717, 1.165) is 11.9 Å². The number of benzene rings is 2. The molecule has 0 atom stereocenters. The lowest BCUT2D eigenvalue weighted by Gasteiger charge is -2.19. The fourth-order valence-corrected chi connectivity index (χ4v) is 3.08. The topological polar surface area (TPSA) is 80.3 Å². The highest BCUT2D eigenvalue weighted by Crippen LogP contribution is 2.33. The van der Waals surface area contributed by atoms with E-state index in [4.69, 9.17) is 9.47 Å². The largest absolute Gasteiger partial charge is 0.486 e. The SMILES string of the molecule is CSNc1ccccc1Nc1nc(Nc2ccc3c(c2)OCCO3)ncc1F. The number of halogens is 1. The van der Waals surface area contributed by atoms with Crippen molar-refractivity contribution in [2.45, 2.75) is 0 Å². The van der Waals surface area contributed by atoms with E-state index in [1.165, 1.54) is 11.9 Å². The molecule has 144 valence electrons. The average molecular weight is 399 g/mol. The Morgan fingerprint density at radius 1 is 1.00 bits per heavy atom. The van der Waals surface area contributed by atoms with Crippen molar-refractivity contribution in [3.8, 4) is 11.5 Å². The van der Waals surface area contributed by atoms with Crippen LogP contribution in [0.5, 0.6) is 11.5 Å². The highest BCUT2D eigenvalue weighted by molar-refractivity contribution is 7.99. The molecule has 9 heteroatoms. The van der Waals surface area contributed by atoms with Gasteiger partial charge in [0, 0.05) is 18.0 Å². The van der Waals surface area contributed by atoms with Gasteiger partial charge in [0.1, 0.15) is 13.2 Å². The number of nitrogens with one attached hydrogen (secondary N) is 3. The summed E-state index contributed by atoms with van der Waals surface area (Å²) in [5, 5.41) is 6.08. The molecule has 2 heterocycles. The first-order valence-corrected chi connectivity index (χ1v) is 9.79. The molecule has 3 aromatic rings. The molecular formula is C19H18FN5O2S. The maximum absolute atomic E-state index is 14.3. The van der Waals surface area contributed by atoms with E-state index in [9.17, 15) is 4.39 Å². The molecule has 7 nitrogen and oxygen atoms in total. The number of fused-ring (bicyclic) bond motifs is 1. The number of para-hydroxylation sites is 2. The van der Waals surface area contributed by atoms with Crippen LogP contribution in [0, 0.1) is 5.82 Å². The summed E-state index contributed by atoms with van der Waals surface area (Å²) < 4.78 is 28.5. The van der Waals surface area contributed by atoms with Crippen LogP contribution in [0.3, 0.4) is 0 Å². The number of hydrogen-bond donors (Lipinski definition) is 3. The van der Waals surface area contributed by atoms with E-state index < -0.39 is 5.82 Å². The predicted octanol–water partition coefficient (Wildman–Crippen LogP) is 4.56. The average Bonchev–Trinajstić information content (AvgIpc) is 2.72. The van der Waals surface area contributed by atoms with Gasteiger partial charge >= 0.3 is 0 Å². The second-order valence-electron chi connectivity index (χ2n) is 5.85. The number of ether oxygens (including phenoxy) is 2. The van der Waals surface area contributed by atoms with Gasteiger partial charge in [0.2, 0.25) is 5.95 Å². The molecule has 4 rings (SSSR count). The van der Waals surface area contributed by atoms with Crippen molar-refractivity contribution in [1.82, 2.24) is 9.97 Å². The zero-order chi connectivity index (χ0) is 19.3. The Labute approximate surface area is 165 Å². The summed E-state index contributed by atoms with van der Waals surface area (Å²) in [6.07, 6.45) is 3.04. The summed E-state index contributed by atoms with van der Waals surface area (Å²) in [6, 6.07) is 12.9. The highest BCUT2D eigenvalue weighted by Gasteiger charge is 2.13. The van der Waals surface area contributed by atoms with Crippen LogP contribution in [0.1, 0.15) is 0 Å². The first-order valence-electron chi connectivity index (χ1n) is 8.57. The summed E-state index contributed by atoms with van der Waals surface area (Å²) in [7, 11) is 0. The van der Waals surface area contributed by atoms with Gasteiger partial charge in [0.15, 0.2) is 23.1 Å². The fraction of sp³-hybridized carbons (Fsp3) is 0.158. The van der Waals surface area contributed by atoms with Crippen molar-refractivity contribution in [3.05, 3.63) is 54.5 Å². The molecular weight excluding hydrogens is 381 g/mol. The Hall–Kier alpha value is -3.20. The molecule has 28 heavy (non-hydrogen) atoms. The van der Waals surface area contributed by atoms with E-state index >= 15 is 0 Å². The first-order chi connectivity index (χ1) is 13.7. The summed E-state index contributed by atoms with van der Waals surface area (Å²) in [4.78, 5) is 8.28. The second kappa shape index (κ2) is 8.22. The van der Waals surface area contributed by atoms with Crippen LogP contribution in [0.4, 0.5) is 33.2 Å². The Morgan fingerprint density at radius 3 is 2.61 bits per heavy atom. The lowest BCUT2D eigenvalue weighted by Crippen LogP contribution is -2.15. The minimum absolute atomic E-state index is 0.0744. The van der Waals surface area contributed by atoms with Gasteiger partial charge < -0.3 is 24.8 Å². The summed E-state index contributed by atoms with van der Waals surface area (Å²) >= 11 is 1.45. The molecule has 1 aromatic heterocycles. The molecule has 1 aliphatic heterocycles. The quantitative estimate of drug-likeness (QED) is 0.521. The predicted molar refractivity (Wildman–Crippen MR) is 110 cm³/mol. The van der Waals surface area contributed by atoms with Crippen LogP contribution in [-0.2, 0) is 0 Å². The van der Waals surface area contributed by atoms with Gasteiger partial charge in [-0.15, -0.1) is 0 Å². The number of nitrogens with zero attached hydrogens (tertiary/aromatic N) is 2. The third-order valence-corrected chi connectivity index (χ3v) is 4.36. The molecule has 3 N–H and O–H groups in total. The minimum atomic E-state index is -0.549. The fourth-order valence-electron chi connectivity index (χ4n) is 2.68. The zero-order valence-corrected chi connectivity index (χ0v) is 15.8. The second-order valence-corrected chi connectivity index (χ2v) is 6.46. The lowest BCUT2D eigenvalue weighted by atomic mass is 10.2. The monoisotopic (exact) mass is 399 g/mol. The smallest absolute Gasteiger partial charge is 0.229 e. The molecule has 0 aliphatic carbocycles. The van der Waals surface area contributed by atoms with Crippen molar-refractivity contribution >= 4 is 40.8 Å². The third kappa shape index (κ3) is 4.04. The lowest BCUT2D eigenvalue weighted by molar-refractivity contribution is 0.171. The van der Waals surface area contributed by atoms with E-state index in [-0.39, 0.29) is 11.8 Å². The van der Waals surface area contributed by atoms with Crippen LogP contribution in [0.25, 0.3) is 0 Å². The van der Waals surface area contributed by atoms with Crippen molar-refractivity contribution in [2.75, 3.05) is 34.8 Å². The number of hydrogen-bond acceptors (Lipinski definition) is 8. The van der Waals surface area contributed by atoms with Crippen LogP contribution in [0.2, 0.25) is 0 Å².